The average Bonchev–Trinajstić information content (AvgIpc) is 3.76. The van der Waals surface area contributed by atoms with Crippen molar-refractivity contribution in [1.29, 1.82) is 0 Å². The fourth-order valence-corrected chi connectivity index (χ4v) is 7.08. The lowest BCUT2D eigenvalue weighted by Crippen LogP contribution is -2.40. The van der Waals surface area contributed by atoms with Crippen LogP contribution in [0.25, 0.3) is 11.3 Å². The van der Waals surface area contributed by atoms with Gasteiger partial charge in [0.15, 0.2) is 10.9 Å². The molecule has 1 atom stereocenters. The number of hydrogen-bond donors (Lipinski definition) is 2. The molecule has 1 aliphatic heterocycles. The number of fused-ring (bicyclic) bond motifs is 4. The third kappa shape index (κ3) is 3.55. The predicted molar refractivity (Wildman–Crippen MR) is 143 cm³/mol. The van der Waals surface area contributed by atoms with Crippen LogP contribution in [0.3, 0.4) is 0 Å². The third-order valence-corrected chi connectivity index (χ3v) is 9.15. The van der Waals surface area contributed by atoms with Crippen molar-refractivity contribution in [2.75, 3.05) is 17.3 Å². The molecule has 37 heavy (non-hydrogen) atoms. The maximum absolute atomic E-state index is 12.9. The van der Waals surface area contributed by atoms with Crippen molar-refractivity contribution >= 4 is 34.0 Å². The maximum atomic E-state index is 12.9. The summed E-state index contributed by atoms with van der Waals surface area (Å²) in [6.45, 7) is 7.06. The van der Waals surface area contributed by atoms with Gasteiger partial charge >= 0.3 is 0 Å². The molecule has 9 nitrogen and oxygen atoms in total. The van der Waals surface area contributed by atoms with E-state index in [0.717, 1.165) is 70.6 Å². The zero-order valence-electron chi connectivity index (χ0n) is 21.8. The molecule has 0 bridgehead atoms. The molecular formula is C27H33N7O2S. The van der Waals surface area contributed by atoms with Crippen molar-refractivity contribution in [3.8, 4) is 11.3 Å². The monoisotopic (exact) mass is 519 g/mol. The topological polar surface area (TPSA) is 97.1 Å². The van der Waals surface area contributed by atoms with Crippen molar-refractivity contribution in [2.45, 2.75) is 84.1 Å². The second-order valence-electron chi connectivity index (χ2n) is 11.6. The fourth-order valence-electron chi connectivity index (χ4n) is 6.14. The zero-order chi connectivity index (χ0) is 25.6. The van der Waals surface area contributed by atoms with Crippen molar-refractivity contribution in [3.63, 3.8) is 0 Å². The number of ketones is 1. The standard InChI is InChI=1S/C27H33N7O2S/c1-5-32-18(24(36)28-4)10-16-21-20(29-13-33(21)14-6-7-14)23(34(25(16)32)15-8-9-15)31-26-30-17-11-27(2,3)12-19(35)22(17)37-26/h10,13-15,23H,5-9,11-12H2,1-4H3,(H,28,36)(H,30,31). The first-order valence-corrected chi connectivity index (χ1v) is 14.2. The number of anilines is 2. The minimum Gasteiger partial charge on any atom is -0.354 e. The second kappa shape index (κ2) is 7.93. The van der Waals surface area contributed by atoms with Crippen LogP contribution in [0.4, 0.5) is 10.9 Å². The highest BCUT2D eigenvalue weighted by atomic mass is 32.1. The van der Waals surface area contributed by atoms with E-state index in [1.54, 1.807) is 7.05 Å². The van der Waals surface area contributed by atoms with Gasteiger partial charge in [0.05, 0.1) is 22.6 Å². The molecule has 1 amide bonds. The number of nitrogens with zero attached hydrogens (tertiary/aromatic N) is 5. The number of carbonyl (C=O) groups excluding carboxylic acids is 2. The van der Waals surface area contributed by atoms with Gasteiger partial charge in [-0.2, -0.15) is 0 Å². The van der Waals surface area contributed by atoms with Gasteiger partial charge in [-0.05, 0) is 50.5 Å². The Kier molecular flexibility index (Phi) is 4.93. The molecule has 0 aromatic carbocycles. The van der Waals surface area contributed by atoms with E-state index in [1.165, 1.54) is 11.3 Å². The molecule has 2 saturated carbocycles. The van der Waals surface area contributed by atoms with E-state index in [-0.39, 0.29) is 23.3 Å². The van der Waals surface area contributed by atoms with Crippen LogP contribution >= 0.6 is 11.3 Å². The summed E-state index contributed by atoms with van der Waals surface area (Å²) in [5.41, 5.74) is 4.67. The quantitative estimate of drug-likeness (QED) is 0.487. The molecule has 194 valence electrons. The average molecular weight is 520 g/mol. The van der Waals surface area contributed by atoms with E-state index < -0.39 is 0 Å². The summed E-state index contributed by atoms with van der Waals surface area (Å²) in [5, 5.41) is 7.31. The molecule has 4 aliphatic rings. The van der Waals surface area contributed by atoms with Crippen molar-refractivity contribution in [1.82, 2.24) is 24.4 Å². The van der Waals surface area contributed by atoms with E-state index in [1.807, 2.05) is 12.4 Å². The lowest BCUT2D eigenvalue weighted by Gasteiger charge is -2.38. The molecule has 0 saturated heterocycles. The van der Waals surface area contributed by atoms with Crippen LogP contribution in [0.5, 0.6) is 0 Å². The van der Waals surface area contributed by atoms with E-state index in [0.29, 0.717) is 30.7 Å². The van der Waals surface area contributed by atoms with Crippen molar-refractivity contribution in [3.05, 3.63) is 34.4 Å². The van der Waals surface area contributed by atoms with Gasteiger partial charge in [-0.3, -0.25) is 9.59 Å². The van der Waals surface area contributed by atoms with Crippen LogP contribution in [0.2, 0.25) is 0 Å². The zero-order valence-corrected chi connectivity index (χ0v) is 22.6. The van der Waals surface area contributed by atoms with Crippen LogP contribution in [-0.4, -0.2) is 43.9 Å². The molecule has 3 aromatic heterocycles. The summed E-state index contributed by atoms with van der Waals surface area (Å²) in [6, 6.07) is 2.87. The molecule has 1 unspecified atom stereocenters. The van der Waals surface area contributed by atoms with Gasteiger partial charge < -0.3 is 24.7 Å². The highest BCUT2D eigenvalue weighted by molar-refractivity contribution is 7.17. The summed E-state index contributed by atoms with van der Waals surface area (Å²) in [4.78, 5) is 38.9. The van der Waals surface area contributed by atoms with Gasteiger partial charge in [-0.25, -0.2) is 9.97 Å². The van der Waals surface area contributed by atoms with E-state index >= 15 is 0 Å². The summed E-state index contributed by atoms with van der Waals surface area (Å²) in [7, 11) is 1.68. The number of nitrogens with one attached hydrogen (secondary N) is 2. The van der Waals surface area contributed by atoms with Crippen LogP contribution in [-0.2, 0) is 13.0 Å². The smallest absolute Gasteiger partial charge is 0.267 e. The lowest BCUT2D eigenvalue weighted by atomic mass is 9.78. The van der Waals surface area contributed by atoms with Crippen LogP contribution < -0.4 is 15.5 Å². The summed E-state index contributed by atoms with van der Waals surface area (Å²) in [6.07, 6.45) is 7.62. The third-order valence-electron chi connectivity index (χ3n) is 8.08. The van der Waals surface area contributed by atoms with Crippen molar-refractivity contribution in [2.24, 2.45) is 5.41 Å². The molecule has 10 heteroatoms. The molecule has 2 fully saturated rings. The molecule has 2 N–H and O–H groups in total. The van der Waals surface area contributed by atoms with E-state index in [4.69, 9.17) is 9.97 Å². The Balaban J connectivity index is 1.37. The fraction of sp³-hybridized carbons (Fsp3) is 0.556. The maximum Gasteiger partial charge on any atom is 0.267 e. The Morgan fingerprint density at radius 2 is 1.95 bits per heavy atom. The molecule has 3 aromatic rings. The highest BCUT2D eigenvalue weighted by Gasteiger charge is 2.46. The highest BCUT2D eigenvalue weighted by Crippen LogP contribution is 2.53. The minimum absolute atomic E-state index is 0.0658. The van der Waals surface area contributed by atoms with Crippen molar-refractivity contribution < 1.29 is 9.59 Å². The van der Waals surface area contributed by atoms with Gasteiger partial charge in [0, 0.05) is 37.7 Å². The number of rotatable bonds is 6. The second-order valence-corrected chi connectivity index (χ2v) is 12.6. The normalized spacial score (nSPS) is 21.9. The minimum atomic E-state index is -0.219. The Hall–Kier alpha value is -3.14. The summed E-state index contributed by atoms with van der Waals surface area (Å²) in [5.74, 6) is 1.19. The molecular weight excluding hydrogens is 486 g/mol. The van der Waals surface area contributed by atoms with Gasteiger partial charge in [-0.15, -0.1) is 0 Å². The number of amides is 1. The SMILES string of the molecule is CCn1c(C(=O)NC)cc2c1N(C1CC1)C(Nc1nc3c(s1)C(=O)CC(C)(C)C3)c1ncn(C3CC3)c1-2. The van der Waals surface area contributed by atoms with E-state index in [9.17, 15) is 9.59 Å². The number of Topliss-reactive ketones (excluding diaryl/α,β-unsaturated/α-hetero) is 1. The Morgan fingerprint density at radius 3 is 2.62 bits per heavy atom. The molecule has 7 rings (SSSR count). The first-order valence-electron chi connectivity index (χ1n) is 13.4. The number of hydrogen-bond acceptors (Lipinski definition) is 7. The van der Waals surface area contributed by atoms with Gasteiger partial charge in [-0.1, -0.05) is 25.2 Å². The lowest BCUT2D eigenvalue weighted by molar-refractivity contribution is 0.0914. The summed E-state index contributed by atoms with van der Waals surface area (Å²) >= 11 is 1.47. The van der Waals surface area contributed by atoms with Crippen LogP contribution in [0.1, 0.15) is 96.6 Å². The first kappa shape index (κ1) is 23.0. The Bertz CT molecular complexity index is 1440. The first-order chi connectivity index (χ1) is 17.8. The van der Waals surface area contributed by atoms with E-state index in [2.05, 4.69) is 45.4 Å². The van der Waals surface area contributed by atoms with Crippen LogP contribution in [0, 0.1) is 5.41 Å². The predicted octanol–water partition coefficient (Wildman–Crippen LogP) is 4.77. The number of thiazole rings is 1. The van der Waals surface area contributed by atoms with Gasteiger partial charge in [0.1, 0.15) is 23.4 Å². The molecule has 0 spiro atoms. The Morgan fingerprint density at radius 1 is 1.19 bits per heavy atom. The van der Waals surface area contributed by atoms with Gasteiger partial charge in [0.25, 0.3) is 5.91 Å². The van der Waals surface area contributed by atoms with Gasteiger partial charge in [0.2, 0.25) is 0 Å². The molecule has 3 aliphatic carbocycles. The largest absolute Gasteiger partial charge is 0.354 e. The molecule has 4 heterocycles. The molecule has 0 radical (unpaired) electrons. The number of aromatic nitrogens is 4. The number of imidazole rings is 1. The number of carbonyl (C=O) groups is 2. The summed E-state index contributed by atoms with van der Waals surface area (Å²) < 4.78 is 4.45. The van der Waals surface area contributed by atoms with Crippen LogP contribution in [0.15, 0.2) is 12.4 Å². The Labute approximate surface area is 220 Å².